The number of para-hydroxylation sites is 1. The molecule has 0 unspecified atom stereocenters. The van der Waals surface area contributed by atoms with E-state index in [-0.39, 0.29) is 48.6 Å². The molecule has 196 valence electrons. The smallest absolute Gasteiger partial charge is 0.242 e. The number of carbonyl (C=O) groups is 3. The number of fused-ring (bicyclic) bond motifs is 3. The molecular formula is C30H37N3O4. The molecule has 1 saturated heterocycles. The maximum absolute atomic E-state index is 13.5. The molecular weight excluding hydrogens is 466 g/mol. The molecule has 0 aromatic heterocycles. The monoisotopic (exact) mass is 503 g/mol. The van der Waals surface area contributed by atoms with Crippen LogP contribution in [0.4, 0.5) is 0 Å². The van der Waals surface area contributed by atoms with E-state index in [2.05, 4.69) is 11.4 Å². The van der Waals surface area contributed by atoms with Crippen molar-refractivity contribution >= 4 is 17.7 Å². The van der Waals surface area contributed by atoms with Crippen molar-refractivity contribution in [1.82, 2.24) is 15.1 Å². The predicted octanol–water partition coefficient (Wildman–Crippen LogP) is 3.59. The molecule has 37 heavy (non-hydrogen) atoms. The lowest BCUT2D eigenvalue weighted by Crippen LogP contribution is -2.49. The van der Waals surface area contributed by atoms with Crippen LogP contribution in [-0.2, 0) is 27.3 Å². The van der Waals surface area contributed by atoms with E-state index in [1.807, 2.05) is 79.4 Å². The lowest BCUT2D eigenvalue weighted by molar-refractivity contribution is -0.142. The molecule has 2 aromatic carbocycles. The summed E-state index contributed by atoms with van der Waals surface area (Å²) < 4.78 is 6.08. The molecule has 2 aliphatic heterocycles. The molecule has 2 bridgehead atoms. The zero-order chi connectivity index (χ0) is 26.2. The normalized spacial score (nSPS) is 20.2. The number of benzene rings is 2. The van der Waals surface area contributed by atoms with E-state index in [0.29, 0.717) is 38.4 Å². The minimum Gasteiger partial charge on any atom is -0.489 e. The van der Waals surface area contributed by atoms with E-state index >= 15 is 0 Å². The van der Waals surface area contributed by atoms with Crippen LogP contribution >= 0.6 is 0 Å². The van der Waals surface area contributed by atoms with Gasteiger partial charge in [-0.15, -0.1) is 0 Å². The maximum atomic E-state index is 13.5. The lowest BCUT2D eigenvalue weighted by atomic mass is 9.82. The van der Waals surface area contributed by atoms with Crippen molar-refractivity contribution in [3.8, 4) is 5.75 Å². The predicted molar refractivity (Wildman–Crippen MR) is 143 cm³/mol. The Labute approximate surface area is 219 Å². The average molecular weight is 504 g/mol. The van der Waals surface area contributed by atoms with Crippen LogP contribution in [0.15, 0.2) is 66.7 Å². The zero-order valence-corrected chi connectivity index (χ0v) is 21.8. The van der Waals surface area contributed by atoms with Gasteiger partial charge in [-0.2, -0.15) is 0 Å². The summed E-state index contributed by atoms with van der Waals surface area (Å²) in [5, 5.41) is 2.99. The Hall–Kier alpha value is -3.61. The number of amides is 3. The van der Waals surface area contributed by atoms with Crippen molar-refractivity contribution < 1.29 is 19.1 Å². The van der Waals surface area contributed by atoms with Crippen LogP contribution in [0.1, 0.15) is 37.8 Å². The Kier molecular flexibility index (Phi) is 8.99. The number of hydrogen-bond donors (Lipinski definition) is 1. The number of nitrogens with one attached hydrogen (secondary N) is 1. The first-order valence-corrected chi connectivity index (χ1v) is 13.1. The van der Waals surface area contributed by atoms with E-state index < -0.39 is 0 Å². The average Bonchev–Trinajstić information content (AvgIpc) is 2.88. The van der Waals surface area contributed by atoms with Crippen LogP contribution in [0.2, 0.25) is 0 Å². The van der Waals surface area contributed by atoms with E-state index in [0.717, 1.165) is 17.5 Å². The maximum Gasteiger partial charge on any atom is 0.242 e. The van der Waals surface area contributed by atoms with Gasteiger partial charge in [-0.25, -0.2) is 0 Å². The molecule has 0 spiro atoms. The van der Waals surface area contributed by atoms with Gasteiger partial charge in [0.15, 0.2) is 0 Å². The van der Waals surface area contributed by atoms with Crippen LogP contribution < -0.4 is 10.1 Å². The van der Waals surface area contributed by atoms with Crippen molar-refractivity contribution in [2.24, 2.45) is 11.8 Å². The van der Waals surface area contributed by atoms with Crippen molar-refractivity contribution in [3.63, 3.8) is 0 Å². The van der Waals surface area contributed by atoms with Gasteiger partial charge in [0.2, 0.25) is 17.7 Å². The quantitative estimate of drug-likeness (QED) is 0.633. The van der Waals surface area contributed by atoms with Crippen LogP contribution in [0.3, 0.4) is 0 Å². The van der Waals surface area contributed by atoms with Gasteiger partial charge < -0.3 is 19.9 Å². The largest absolute Gasteiger partial charge is 0.489 e. The Morgan fingerprint density at radius 3 is 2.59 bits per heavy atom. The molecule has 7 heteroatoms. The van der Waals surface area contributed by atoms with Gasteiger partial charge >= 0.3 is 0 Å². The number of rotatable bonds is 5. The van der Waals surface area contributed by atoms with E-state index in [1.54, 1.807) is 4.90 Å². The molecule has 2 aliphatic rings. The second-order valence-corrected chi connectivity index (χ2v) is 10.2. The standard InChI is InChI=1S/C30H37N3O4/c1-22(2)31-28(34)18-24-14-15-32-19-25(24)12-8-16-37-27-13-7-6-11-26(27)20-33(21-30(32)36)29(35)17-23-9-4-3-5-10-23/h3-13,22,24-25H,14-21H2,1-2H3,(H,31,34)/t24-,25-/m0/s1. The van der Waals surface area contributed by atoms with Crippen molar-refractivity contribution in [2.45, 2.75) is 45.7 Å². The highest BCUT2D eigenvalue weighted by atomic mass is 16.5. The van der Waals surface area contributed by atoms with E-state index in [1.165, 1.54) is 0 Å². The lowest BCUT2D eigenvalue weighted by Gasteiger charge is -2.38. The highest BCUT2D eigenvalue weighted by Crippen LogP contribution is 2.29. The fourth-order valence-corrected chi connectivity index (χ4v) is 5.07. The molecule has 0 radical (unpaired) electrons. The third-order valence-corrected chi connectivity index (χ3v) is 6.99. The first kappa shape index (κ1) is 26.5. The molecule has 2 atom stereocenters. The Morgan fingerprint density at radius 1 is 1.05 bits per heavy atom. The summed E-state index contributed by atoms with van der Waals surface area (Å²) in [6, 6.07) is 17.3. The number of piperidine rings is 1. The summed E-state index contributed by atoms with van der Waals surface area (Å²) in [5.41, 5.74) is 1.78. The third-order valence-electron chi connectivity index (χ3n) is 6.99. The fourth-order valence-electron chi connectivity index (χ4n) is 5.07. The molecule has 3 amide bonds. The summed E-state index contributed by atoms with van der Waals surface area (Å²) in [5.74, 6) is 0.768. The molecule has 0 saturated carbocycles. The van der Waals surface area contributed by atoms with Gasteiger partial charge in [0, 0.05) is 37.7 Å². The molecule has 2 aromatic rings. The number of nitrogens with zero attached hydrogens (tertiary/aromatic N) is 2. The Morgan fingerprint density at radius 2 is 1.81 bits per heavy atom. The summed E-state index contributed by atoms with van der Waals surface area (Å²) in [6.07, 6.45) is 5.48. The summed E-state index contributed by atoms with van der Waals surface area (Å²) >= 11 is 0. The van der Waals surface area contributed by atoms with Crippen LogP contribution in [0, 0.1) is 11.8 Å². The topological polar surface area (TPSA) is 79.0 Å². The summed E-state index contributed by atoms with van der Waals surface area (Å²) in [7, 11) is 0. The van der Waals surface area contributed by atoms with Crippen LogP contribution in [-0.4, -0.2) is 59.8 Å². The fraction of sp³-hybridized carbons (Fsp3) is 0.433. The number of carbonyl (C=O) groups excluding carboxylic acids is 3. The second-order valence-electron chi connectivity index (χ2n) is 10.2. The van der Waals surface area contributed by atoms with Gasteiger partial charge in [-0.05, 0) is 43.7 Å². The Balaban J connectivity index is 1.56. The minimum absolute atomic E-state index is 0.00887. The van der Waals surface area contributed by atoms with Gasteiger partial charge in [0.1, 0.15) is 18.9 Å². The van der Waals surface area contributed by atoms with Crippen LogP contribution in [0.5, 0.6) is 5.75 Å². The summed E-state index contributed by atoms with van der Waals surface area (Å²) in [4.78, 5) is 42.9. The molecule has 7 nitrogen and oxygen atoms in total. The second kappa shape index (κ2) is 12.6. The van der Waals surface area contributed by atoms with E-state index in [4.69, 9.17) is 4.74 Å². The molecule has 1 fully saturated rings. The van der Waals surface area contributed by atoms with Crippen molar-refractivity contribution in [1.29, 1.82) is 0 Å². The third kappa shape index (κ3) is 7.44. The number of hydrogen-bond acceptors (Lipinski definition) is 4. The SMILES string of the molecule is CC(C)NC(=O)C[C@@H]1CCN2C[C@@H]1C=CCOc1ccccc1CN(C(=O)Cc1ccccc1)CC2=O. The van der Waals surface area contributed by atoms with Gasteiger partial charge in [-0.3, -0.25) is 14.4 Å². The highest BCUT2D eigenvalue weighted by molar-refractivity contribution is 5.86. The molecule has 2 heterocycles. The van der Waals surface area contributed by atoms with Crippen molar-refractivity contribution in [2.75, 3.05) is 26.2 Å². The first-order chi connectivity index (χ1) is 17.9. The Bertz CT molecular complexity index is 1110. The molecule has 4 rings (SSSR count). The highest BCUT2D eigenvalue weighted by Gasteiger charge is 2.33. The molecule has 1 N–H and O–H groups in total. The van der Waals surface area contributed by atoms with Gasteiger partial charge in [0.05, 0.1) is 6.42 Å². The van der Waals surface area contributed by atoms with Gasteiger partial charge in [0.25, 0.3) is 0 Å². The van der Waals surface area contributed by atoms with E-state index in [9.17, 15) is 14.4 Å². The van der Waals surface area contributed by atoms with Crippen molar-refractivity contribution in [3.05, 3.63) is 77.9 Å². The summed E-state index contributed by atoms with van der Waals surface area (Å²) in [6.45, 7) is 5.71. The zero-order valence-electron chi connectivity index (χ0n) is 21.8. The first-order valence-electron chi connectivity index (χ1n) is 13.1. The molecule has 0 aliphatic carbocycles. The van der Waals surface area contributed by atoms with Crippen LogP contribution in [0.25, 0.3) is 0 Å². The minimum atomic E-state index is -0.0980. The number of ether oxygens (including phenoxy) is 1. The van der Waals surface area contributed by atoms with Gasteiger partial charge in [-0.1, -0.05) is 60.7 Å².